The number of nitrogens with one attached hydrogen (secondary N) is 1. The average Bonchev–Trinajstić information content (AvgIpc) is 3.22. The van der Waals surface area contributed by atoms with Crippen molar-refractivity contribution >= 4 is 17.5 Å². The molecule has 0 radical (unpaired) electrons. The summed E-state index contributed by atoms with van der Waals surface area (Å²) in [5.41, 5.74) is -0.835. The molecule has 178 valence electrons. The summed E-state index contributed by atoms with van der Waals surface area (Å²) in [4.78, 5) is 29.1. The lowest BCUT2D eigenvalue weighted by Crippen LogP contribution is -2.41. The van der Waals surface area contributed by atoms with Crippen LogP contribution in [0.4, 0.5) is 18.9 Å². The summed E-state index contributed by atoms with van der Waals surface area (Å²) < 4.78 is 40.1. The van der Waals surface area contributed by atoms with Crippen molar-refractivity contribution in [3.05, 3.63) is 29.3 Å². The Morgan fingerprint density at radius 2 is 1.82 bits per heavy atom. The lowest BCUT2D eigenvalue weighted by Gasteiger charge is -2.37. The standard InChI is InChI=1S/C24H29F3N4O2/c1-29-22(32)20-14-31(23(33)16-3-2-4-16)13-19(20)15-7-9-30(10-8-15)18-6-5-17(12-28)21(11-18)24(25,26)27/h5-6,11,15-16,19-20H,2-4,7-10,13-14H2,1H3,(H,29,32). The number of halogens is 3. The zero-order valence-corrected chi connectivity index (χ0v) is 18.7. The SMILES string of the molecule is CNC(=O)C1CN(C(=O)C2CCC2)CC1C1CCN(c2ccc(C#N)c(C(F)(F)F)c2)CC1. The van der Waals surface area contributed by atoms with Gasteiger partial charge < -0.3 is 15.1 Å². The Morgan fingerprint density at radius 3 is 2.36 bits per heavy atom. The molecule has 3 aliphatic rings. The molecule has 4 rings (SSSR count). The molecule has 2 unspecified atom stereocenters. The highest BCUT2D eigenvalue weighted by molar-refractivity contribution is 5.83. The number of anilines is 1. The number of likely N-dealkylation sites (tertiary alicyclic amines) is 1. The van der Waals surface area contributed by atoms with Gasteiger partial charge in [0.2, 0.25) is 11.8 Å². The number of nitriles is 1. The van der Waals surface area contributed by atoms with Crippen LogP contribution in [0.25, 0.3) is 0 Å². The highest BCUT2D eigenvalue weighted by Crippen LogP contribution is 2.40. The predicted octanol–water partition coefficient (Wildman–Crippen LogP) is 3.41. The van der Waals surface area contributed by atoms with E-state index in [-0.39, 0.29) is 41.0 Å². The molecule has 2 aliphatic heterocycles. The quantitative estimate of drug-likeness (QED) is 0.744. The number of alkyl halides is 3. The summed E-state index contributed by atoms with van der Waals surface area (Å²) in [5, 5.41) is 11.8. The topological polar surface area (TPSA) is 76.4 Å². The third-order valence-corrected chi connectivity index (χ3v) is 7.65. The number of benzene rings is 1. The smallest absolute Gasteiger partial charge is 0.372 e. The van der Waals surface area contributed by atoms with E-state index in [9.17, 15) is 22.8 Å². The van der Waals surface area contributed by atoms with Crippen LogP contribution >= 0.6 is 0 Å². The molecule has 1 N–H and O–H groups in total. The Morgan fingerprint density at radius 1 is 1.12 bits per heavy atom. The zero-order valence-electron chi connectivity index (χ0n) is 18.7. The van der Waals surface area contributed by atoms with Gasteiger partial charge in [0, 0.05) is 44.8 Å². The van der Waals surface area contributed by atoms with Crippen molar-refractivity contribution in [1.82, 2.24) is 10.2 Å². The van der Waals surface area contributed by atoms with Gasteiger partial charge in [-0.25, -0.2) is 0 Å². The molecular formula is C24H29F3N4O2. The molecule has 0 aromatic heterocycles. The van der Waals surface area contributed by atoms with Gasteiger partial charge in [0.15, 0.2) is 0 Å². The van der Waals surface area contributed by atoms with E-state index in [0.717, 1.165) is 38.2 Å². The van der Waals surface area contributed by atoms with Crippen LogP contribution < -0.4 is 10.2 Å². The second kappa shape index (κ2) is 9.24. The van der Waals surface area contributed by atoms with Gasteiger partial charge in [0.25, 0.3) is 0 Å². The van der Waals surface area contributed by atoms with E-state index in [1.165, 1.54) is 6.07 Å². The highest BCUT2D eigenvalue weighted by Gasteiger charge is 2.45. The van der Waals surface area contributed by atoms with Gasteiger partial charge in [-0.15, -0.1) is 0 Å². The van der Waals surface area contributed by atoms with Gasteiger partial charge in [0.05, 0.1) is 23.1 Å². The molecule has 2 amide bonds. The summed E-state index contributed by atoms with van der Waals surface area (Å²) in [6.45, 7) is 2.17. The molecule has 0 spiro atoms. The third kappa shape index (κ3) is 4.66. The van der Waals surface area contributed by atoms with E-state index < -0.39 is 11.7 Å². The molecule has 1 aromatic rings. The van der Waals surface area contributed by atoms with Gasteiger partial charge in [0.1, 0.15) is 0 Å². The molecule has 1 aliphatic carbocycles. The van der Waals surface area contributed by atoms with Crippen LogP contribution in [0.5, 0.6) is 0 Å². The van der Waals surface area contributed by atoms with Crippen molar-refractivity contribution in [3.63, 3.8) is 0 Å². The minimum Gasteiger partial charge on any atom is -0.372 e. The summed E-state index contributed by atoms with van der Waals surface area (Å²) in [6, 6.07) is 5.47. The molecule has 6 nitrogen and oxygen atoms in total. The molecule has 2 heterocycles. The molecule has 0 bridgehead atoms. The molecule has 33 heavy (non-hydrogen) atoms. The predicted molar refractivity (Wildman–Crippen MR) is 116 cm³/mol. The number of piperidine rings is 1. The van der Waals surface area contributed by atoms with Crippen LogP contribution in [-0.4, -0.2) is 49.9 Å². The Labute approximate surface area is 191 Å². The number of amides is 2. The molecule has 2 atom stereocenters. The maximum Gasteiger partial charge on any atom is 0.417 e. The van der Waals surface area contributed by atoms with Crippen molar-refractivity contribution in [3.8, 4) is 6.07 Å². The minimum atomic E-state index is -4.58. The average molecular weight is 463 g/mol. The molecule has 3 fully saturated rings. The molecule has 1 aromatic carbocycles. The fraction of sp³-hybridized carbons (Fsp3) is 0.625. The highest BCUT2D eigenvalue weighted by atomic mass is 19.4. The van der Waals surface area contributed by atoms with Crippen molar-refractivity contribution in [2.45, 2.75) is 38.3 Å². The third-order valence-electron chi connectivity index (χ3n) is 7.65. The van der Waals surface area contributed by atoms with Crippen LogP contribution in [0, 0.1) is 35.0 Å². The second-order valence-corrected chi connectivity index (χ2v) is 9.42. The molecule has 1 saturated carbocycles. The van der Waals surface area contributed by atoms with E-state index >= 15 is 0 Å². The zero-order chi connectivity index (χ0) is 23.8. The van der Waals surface area contributed by atoms with E-state index in [4.69, 9.17) is 5.26 Å². The van der Waals surface area contributed by atoms with Crippen molar-refractivity contribution in [2.75, 3.05) is 38.1 Å². The van der Waals surface area contributed by atoms with E-state index in [1.54, 1.807) is 19.2 Å². The van der Waals surface area contributed by atoms with Gasteiger partial charge in [-0.3, -0.25) is 9.59 Å². The Bertz CT molecular complexity index is 946. The molecular weight excluding hydrogens is 433 g/mol. The number of hydrogen-bond donors (Lipinski definition) is 1. The maximum absolute atomic E-state index is 13.4. The van der Waals surface area contributed by atoms with Gasteiger partial charge in [-0.05, 0) is 55.7 Å². The normalized spacial score (nSPS) is 24.3. The second-order valence-electron chi connectivity index (χ2n) is 9.42. The fourth-order valence-electron chi connectivity index (χ4n) is 5.51. The van der Waals surface area contributed by atoms with Crippen molar-refractivity contribution in [2.24, 2.45) is 23.7 Å². The van der Waals surface area contributed by atoms with Crippen LogP contribution in [0.1, 0.15) is 43.2 Å². The van der Waals surface area contributed by atoms with Gasteiger partial charge in [-0.1, -0.05) is 6.42 Å². The first-order valence-electron chi connectivity index (χ1n) is 11.6. The van der Waals surface area contributed by atoms with Crippen molar-refractivity contribution in [1.29, 1.82) is 5.26 Å². The summed E-state index contributed by atoms with van der Waals surface area (Å²) in [5.74, 6) is 0.240. The maximum atomic E-state index is 13.4. The van der Waals surface area contributed by atoms with Crippen LogP contribution in [-0.2, 0) is 15.8 Å². The van der Waals surface area contributed by atoms with Gasteiger partial charge in [-0.2, -0.15) is 18.4 Å². The van der Waals surface area contributed by atoms with Crippen LogP contribution in [0.3, 0.4) is 0 Å². The minimum absolute atomic E-state index is 0.0479. The van der Waals surface area contributed by atoms with E-state index in [0.29, 0.717) is 31.9 Å². The first-order chi connectivity index (χ1) is 15.7. The lowest BCUT2D eigenvalue weighted by atomic mass is 9.78. The number of carbonyl (C=O) groups excluding carboxylic acids is 2. The first-order valence-corrected chi connectivity index (χ1v) is 11.6. The number of rotatable bonds is 4. The Kier molecular flexibility index (Phi) is 6.55. The largest absolute Gasteiger partial charge is 0.417 e. The summed E-state index contributed by atoms with van der Waals surface area (Å²) in [6.07, 6.45) is -0.173. The van der Waals surface area contributed by atoms with Crippen LogP contribution in [0.15, 0.2) is 18.2 Å². The van der Waals surface area contributed by atoms with E-state index in [2.05, 4.69) is 5.32 Å². The first kappa shape index (κ1) is 23.4. The monoisotopic (exact) mass is 462 g/mol. The Hall–Kier alpha value is -2.76. The lowest BCUT2D eigenvalue weighted by molar-refractivity contribution is -0.138. The van der Waals surface area contributed by atoms with Gasteiger partial charge >= 0.3 is 6.18 Å². The number of hydrogen-bond acceptors (Lipinski definition) is 4. The number of carbonyl (C=O) groups is 2. The molecule has 9 heteroatoms. The van der Waals surface area contributed by atoms with Crippen molar-refractivity contribution < 1.29 is 22.8 Å². The summed E-state index contributed by atoms with van der Waals surface area (Å²) >= 11 is 0. The van der Waals surface area contributed by atoms with Crippen LogP contribution in [0.2, 0.25) is 0 Å². The Balaban J connectivity index is 1.44. The number of nitrogens with zero attached hydrogens (tertiary/aromatic N) is 3. The summed E-state index contributed by atoms with van der Waals surface area (Å²) in [7, 11) is 1.61. The van der Waals surface area contributed by atoms with E-state index in [1.807, 2.05) is 9.80 Å². The molecule has 2 saturated heterocycles. The fourth-order valence-corrected chi connectivity index (χ4v) is 5.51.